The Balaban J connectivity index is 2.67. The van der Waals surface area contributed by atoms with E-state index in [2.05, 4.69) is 0 Å². The molecule has 0 saturated heterocycles. The zero-order chi connectivity index (χ0) is 10.6. The van der Waals surface area contributed by atoms with Crippen LogP contribution in [0.4, 0.5) is 8.78 Å². The molecule has 0 bridgehead atoms. The number of aldehydes is 1. The Morgan fingerprint density at radius 3 is 2.79 bits per heavy atom. The third kappa shape index (κ3) is 2.62. The van der Waals surface area contributed by atoms with Crippen LogP contribution in [0.15, 0.2) is 18.2 Å². The first-order valence-electron chi connectivity index (χ1n) is 4.53. The van der Waals surface area contributed by atoms with Gasteiger partial charge in [0.15, 0.2) is 11.6 Å². The fourth-order valence-electron chi connectivity index (χ4n) is 1.19. The van der Waals surface area contributed by atoms with Crippen LogP contribution in [0.25, 0.3) is 0 Å². The summed E-state index contributed by atoms with van der Waals surface area (Å²) in [7, 11) is 0. The molecule has 1 rings (SSSR count). The van der Waals surface area contributed by atoms with Gasteiger partial charge in [0, 0.05) is 5.92 Å². The predicted octanol–water partition coefficient (Wildman–Crippen LogP) is 2.73. The van der Waals surface area contributed by atoms with Crippen molar-refractivity contribution >= 4 is 6.29 Å². The number of benzene rings is 1. The number of aryl methyl sites for hydroxylation is 1. The highest BCUT2D eigenvalue weighted by molar-refractivity contribution is 5.52. The maximum atomic E-state index is 13.1. The summed E-state index contributed by atoms with van der Waals surface area (Å²) in [6.45, 7) is 1.75. The first-order valence-corrected chi connectivity index (χ1v) is 4.53. The summed E-state index contributed by atoms with van der Waals surface area (Å²) < 4.78 is 25.8. The average molecular weight is 198 g/mol. The number of halogens is 2. The molecule has 0 aliphatic rings. The van der Waals surface area contributed by atoms with Gasteiger partial charge in [-0.1, -0.05) is 19.1 Å². The fraction of sp³-hybridized carbons (Fsp3) is 0.364. The minimum atomic E-state index is -0.832. The van der Waals surface area contributed by atoms with Crippen LogP contribution in [0, 0.1) is 17.6 Å². The highest BCUT2D eigenvalue weighted by Crippen LogP contribution is 2.14. The molecule has 1 aromatic carbocycles. The van der Waals surface area contributed by atoms with E-state index in [0.717, 1.165) is 12.4 Å². The summed E-state index contributed by atoms with van der Waals surface area (Å²) in [5, 5.41) is 0. The SMILES string of the molecule is CC(C=O)CCc1cccc(F)c1F. The van der Waals surface area contributed by atoms with E-state index >= 15 is 0 Å². The van der Waals surface area contributed by atoms with E-state index in [0.29, 0.717) is 18.4 Å². The normalized spacial score (nSPS) is 12.5. The molecule has 0 aliphatic carbocycles. The maximum Gasteiger partial charge on any atom is 0.162 e. The molecule has 0 N–H and O–H groups in total. The number of hydrogen-bond acceptors (Lipinski definition) is 1. The first-order chi connectivity index (χ1) is 6.65. The van der Waals surface area contributed by atoms with Gasteiger partial charge in [0.2, 0.25) is 0 Å². The summed E-state index contributed by atoms with van der Waals surface area (Å²) in [5.74, 6) is -1.75. The summed E-state index contributed by atoms with van der Waals surface area (Å²) >= 11 is 0. The molecule has 76 valence electrons. The lowest BCUT2D eigenvalue weighted by Crippen LogP contribution is -2.00. The minimum absolute atomic E-state index is 0.113. The van der Waals surface area contributed by atoms with Crippen molar-refractivity contribution in [3.63, 3.8) is 0 Å². The Hall–Kier alpha value is -1.25. The Kier molecular flexibility index (Phi) is 3.74. The number of carbonyl (C=O) groups excluding carboxylic acids is 1. The monoisotopic (exact) mass is 198 g/mol. The number of hydrogen-bond donors (Lipinski definition) is 0. The highest BCUT2D eigenvalue weighted by Gasteiger charge is 2.08. The van der Waals surface area contributed by atoms with E-state index in [1.807, 2.05) is 0 Å². The zero-order valence-corrected chi connectivity index (χ0v) is 7.97. The van der Waals surface area contributed by atoms with Crippen molar-refractivity contribution in [2.75, 3.05) is 0 Å². The van der Waals surface area contributed by atoms with Gasteiger partial charge in [0.05, 0.1) is 0 Å². The van der Waals surface area contributed by atoms with Crippen LogP contribution >= 0.6 is 0 Å². The number of rotatable bonds is 4. The van der Waals surface area contributed by atoms with Crippen LogP contribution in [-0.2, 0) is 11.2 Å². The van der Waals surface area contributed by atoms with Gasteiger partial charge in [-0.2, -0.15) is 0 Å². The molecule has 0 aliphatic heterocycles. The molecule has 0 aromatic heterocycles. The van der Waals surface area contributed by atoms with E-state index in [1.54, 1.807) is 6.92 Å². The average Bonchev–Trinajstić information content (AvgIpc) is 2.20. The summed E-state index contributed by atoms with van der Waals surface area (Å²) in [5.41, 5.74) is 0.332. The lowest BCUT2D eigenvalue weighted by Gasteiger charge is -2.05. The molecule has 0 amide bonds. The maximum absolute atomic E-state index is 13.1. The molecule has 1 aromatic rings. The van der Waals surface area contributed by atoms with Crippen molar-refractivity contribution in [3.8, 4) is 0 Å². The van der Waals surface area contributed by atoms with Crippen molar-refractivity contribution < 1.29 is 13.6 Å². The molecular formula is C11H12F2O. The van der Waals surface area contributed by atoms with Crippen LogP contribution in [0.2, 0.25) is 0 Å². The van der Waals surface area contributed by atoms with Gasteiger partial charge in [-0.15, -0.1) is 0 Å². The second kappa shape index (κ2) is 4.84. The lowest BCUT2D eigenvalue weighted by atomic mass is 10.0. The van der Waals surface area contributed by atoms with E-state index in [-0.39, 0.29) is 5.92 Å². The molecule has 0 saturated carbocycles. The largest absolute Gasteiger partial charge is 0.303 e. The quantitative estimate of drug-likeness (QED) is 0.680. The van der Waals surface area contributed by atoms with Gasteiger partial charge < -0.3 is 4.79 Å². The van der Waals surface area contributed by atoms with Crippen molar-refractivity contribution in [1.29, 1.82) is 0 Å². The van der Waals surface area contributed by atoms with Crippen LogP contribution in [0.1, 0.15) is 18.9 Å². The smallest absolute Gasteiger partial charge is 0.162 e. The van der Waals surface area contributed by atoms with Gasteiger partial charge in [0.1, 0.15) is 6.29 Å². The molecular weight excluding hydrogens is 186 g/mol. The van der Waals surface area contributed by atoms with E-state index < -0.39 is 11.6 Å². The van der Waals surface area contributed by atoms with Crippen molar-refractivity contribution in [3.05, 3.63) is 35.4 Å². The molecule has 0 fully saturated rings. The molecule has 3 heteroatoms. The van der Waals surface area contributed by atoms with Crippen molar-refractivity contribution in [2.45, 2.75) is 19.8 Å². The highest BCUT2D eigenvalue weighted by atomic mass is 19.2. The minimum Gasteiger partial charge on any atom is -0.303 e. The molecule has 0 heterocycles. The Morgan fingerprint density at radius 2 is 2.14 bits per heavy atom. The Bertz CT molecular complexity index is 323. The van der Waals surface area contributed by atoms with Crippen LogP contribution in [-0.4, -0.2) is 6.29 Å². The molecule has 0 radical (unpaired) electrons. The van der Waals surface area contributed by atoms with E-state index in [4.69, 9.17) is 0 Å². The van der Waals surface area contributed by atoms with Crippen LogP contribution in [0.5, 0.6) is 0 Å². The van der Waals surface area contributed by atoms with Crippen molar-refractivity contribution in [1.82, 2.24) is 0 Å². The second-order valence-electron chi connectivity index (χ2n) is 3.36. The lowest BCUT2D eigenvalue weighted by molar-refractivity contribution is -0.110. The molecule has 14 heavy (non-hydrogen) atoms. The van der Waals surface area contributed by atoms with Crippen LogP contribution < -0.4 is 0 Å². The Labute approximate surface area is 81.7 Å². The number of carbonyl (C=O) groups is 1. The van der Waals surface area contributed by atoms with Crippen molar-refractivity contribution in [2.24, 2.45) is 5.92 Å². The zero-order valence-electron chi connectivity index (χ0n) is 7.97. The van der Waals surface area contributed by atoms with Gasteiger partial charge in [-0.05, 0) is 24.5 Å². The van der Waals surface area contributed by atoms with E-state index in [1.165, 1.54) is 12.1 Å². The van der Waals surface area contributed by atoms with Gasteiger partial charge >= 0.3 is 0 Å². The standard InChI is InChI=1S/C11H12F2O/c1-8(7-14)5-6-9-3-2-4-10(12)11(9)13/h2-4,7-8H,5-6H2,1H3. The fourth-order valence-corrected chi connectivity index (χ4v) is 1.19. The van der Waals surface area contributed by atoms with Gasteiger partial charge in [-0.25, -0.2) is 8.78 Å². The van der Waals surface area contributed by atoms with Crippen LogP contribution in [0.3, 0.4) is 0 Å². The molecule has 0 spiro atoms. The molecule has 1 nitrogen and oxygen atoms in total. The van der Waals surface area contributed by atoms with Gasteiger partial charge in [-0.3, -0.25) is 0 Å². The topological polar surface area (TPSA) is 17.1 Å². The molecule has 1 atom stereocenters. The molecule has 1 unspecified atom stereocenters. The summed E-state index contributed by atoms with van der Waals surface area (Å²) in [6, 6.07) is 4.09. The first kappa shape index (κ1) is 10.8. The summed E-state index contributed by atoms with van der Waals surface area (Å²) in [6.07, 6.45) is 1.75. The summed E-state index contributed by atoms with van der Waals surface area (Å²) in [4.78, 5) is 10.3. The van der Waals surface area contributed by atoms with Gasteiger partial charge in [0.25, 0.3) is 0 Å². The third-order valence-corrected chi connectivity index (χ3v) is 2.13. The van der Waals surface area contributed by atoms with E-state index in [9.17, 15) is 13.6 Å². The Morgan fingerprint density at radius 1 is 1.43 bits per heavy atom. The second-order valence-corrected chi connectivity index (χ2v) is 3.36. The third-order valence-electron chi connectivity index (χ3n) is 2.13. The predicted molar refractivity (Wildman–Crippen MR) is 49.9 cm³/mol.